The molecule has 0 aliphatic carbocycles. The van der Waals surface area contributed by atoms with Crippen molar-refractivity contribution >= 4 is 22.9 Å². The van der Waals surface area contributed by atoms with Crippen LogP contribution in [-0.2, 0) is 4.79 Å². The van der Waals surface area contributed by atoms with Gasteiger partial charge in [-0.15, -0.1) is 0 Å². The van der Waals surface area contributed by atoms with Crippen molar-refractivity contribution in [3.63, 3.8) is 0 Å². The summed E-state index contributed by atoms with van der Waals surface area (Å²) in [5.41, 5.74) is 0. The van der Waals surface area contributed by atoms with E-state index in [1.165, 1.54) is 11.8 Å². The van der Waals surface area contributed by atoms with Gasteiger partial charge in [-0.3, -0.25) is 9.59 Å². The molecular weight excluding hydrogens is 226 g/mol. The molecule has 1 atom stereocenters. The fourth-order valence-electron chi connectivity index (χ4n) is 1.93. The molecule has 2 amide bonds. The summed E-state index contributed by atoms with van der Waals surface area (Å²) in [5.74, 6) is 0.643. The normalized spacial score (nSPS) is 25.1. The number of thioether (sulfide) groups is 1. The number of hydrogen-bond acceptors (Lipinski definition) is 4. The molecule has 0 spiro atoms. The van der Waals surface area contributed by atoms with Gasteiger partial charge in [0.25, 0.3) is 5.24 Å². The molecule has 0 aromatic rings. The summed E-state index contributed by atoms with van der Waals surface area (Å²) in [4.78, 5) is 25.2. The van der Waals surface area contributed by atoms with E-state index < -0.39 is 0 Å². The average Bonchev–Trinajstić information content (AvgIpc) is 2.60. The molecule has 0 bridgehead atoms. The largest absolute Gasteiger partial charge is 0.335 e. The number of nitrogens with zero attached hydrogens (tertiary/aromatic N) is 1. The SMILES string of the molecule is CCCN(C(=O)C1CSC(=O)N1)C1CNC1. The zero-order valence-corrected chi connectivity index (χ0v) is 10.2. The highest BCUT2D eigenvalue weighted by Gasteiger charge is 2.35. The zero-order valence-electron chi connectivity index (χ0n) is 9.36. The van der Waals surface area contributed by atoms with Gasteiger partial charge in [0, 0.05) is 25.4 Å². The monoisotopic (exact) mass is 243 g/mol. The van der Waals surface area contributed by atoms with Gasteiger partial charge in [0.2, 0.25) is 5.91 Å². The van der Waals surface area contributed by atoms with Crippen molar-refractivity contribution < 1.29 is 9.59 Å². The Balaban J connectivity index is 1.95. The van der Waals surface area contributed by atoms with E-state index in [4.69, 9.17) is 0 Å². The molecule has 6 heteroatoms. The van der Waals surface area contributed by atoms with Crippen molar-refractivity contribution in [3.05, 3.63) is 0 Å². The van der Waals surface area contributed by atoms with E-state index in [2.05, 4.69) is 17.6 Å². The smallest absolute Gasteiger partial charge is 0.279 e. The minimum absolute atomic E-state index is 0.0756. The molecule has 0 radical (unpaired) electrons. The second kappa shape index (κ2) is 5.05. The first-order valence-corrected chi connectivity index (χ1v) is 6.65. The van der Waals surface area contributed by atoms with Crippen LogP contribution >= 0.6 is 11.8 Å². The number of amides is 2. The summed E-state index contributed by atoms with van der Waals surface area (Å²) >= 11 is 1.19. The Hall–Kier alpha value is -0.750. The highest BCUT2D eigenvalue weighted by atomic mass is 32.2. The van der Waals surface area contributed by atoms with Crippen molar-refractivity contribution in [2.45, 2.75) is 25.4 Å². The summed E-state index contributed by atoms with van der Waals surface area (Å²) in [7, 11) is 0. The van der Waals surface area contributed by atoms with Crippen molar-refractivity contribution in [2.24, 2.45) is 0 Å². The lowest BCUT2D eigenvalue weighted by Gasteiger charge is -2.39. The molecule has 2 aliphatic rings. The molecule has 16 heavy (non-hydrogen) atoms. The lowest BCUT2D eigenvalue weighted by atomic mass is 10.1. The number of nitrogens with one attached hydrogen (secondary N) is 2. The number of hydrogen-bond donors (Lipinski definition) is 2. The molecule has 2 rings (SSSR count). The van der Waals surface area contributed by atoms with E-state index >= 15 is 0 Å². The van der Waals surface area contributed by atoms with E-state index in [9.17, 15) is 9.59 Å². The van der Waals surface area contributed by atoms with Gasteiger partial charge >= 0.3 is 0 Å². The summed E-state index contributed by atoms with van der Waals surface area (Å²) in [5, 5.41) is 5.79. The van der Waals surface area contributed by atoms with E-state index in [0.29, 0.717) is 11.8 Å². The molecule has 0 aromatic carbocycles. The Kier molecular flexibility index (Phi) is 3.70. The molecule has 0 aromatic heterocycles. The van der Waals surface area contributed by atoms with Gasteiger partial charge in [0.15, 0.2) is 0 Å². The topological polar surface area (TPSA) is 61.4 Å². The van der Waals surface area contributed by atoms with Gasteiger partial charge in [-0.05, 0) is 6.42 Å². The predicted molar refractivity (Wildman–Crippen MR) is 63.4 cm³/mol. The fourth-order valence-corrected chi connectivity index (χ4v) is 2.69. The van der Waals surface area contributed by atoms with Crippen molar-refractivity contribution in [1.29, 1.82) is 0 Å². The second-order valence-electron chi connectivity index (χ2n) is 4.14. The van der Waals surface area contributed by atoms with Gasteiger partial charge in [0.1, 0.15) is 6.04 Å². The third kappa shape index (κ3) is 2.32. The fraction of sp³-hybridized carbons (Fsp3) is 0.800. The zero-order chi connectivity index (χ0) is 11.5. The quantitative estimate of drug-likeness (QED) is 0.731. The first-order chi connectivity index (χ1) is 7.72. The molecule has 2 saturated heterocycles. The van der Waals surface area contributed by atoms with Gasteiger partial charge in [-0.1, -0.05) is 18.7 Å². The molecule has 2 heterocycles. The lowest BCUT2D eigenvalue weighted by molar-refractivity contribution is -0.135. The van der Waals surface area contributed by atoms with Crippen LogP contribution in [0.25, 0.3) is 0 Å². The first kappa shape index (κ1) is 11.7. The van der Waals surface area contributed by atoms with E-state index in [0.717, 1.165) is 26.1 Å². The lowest BCUT2D eigenvalue weighted by Crippen LogP contribution is -2.61. The number of carbonyl (C=O) groups excluding carboxylic acids is 2. The molecule has 1 unspecified atom stereocenters. The van der Waals surface area contributed by atoms with E-state index in [1.807, 2.05) is 4.90 Å². The summed E-state index contributed by atoms with van der Waals surface area (Å²) in [6, 6.07) is -0.000368. The molecular formula is C10H17N3O2S. The van der Waals surface area contributed by atoms with E-state index in [-0.39, 0.29) is 17.2 Å². The summed E-state index contributed by atoms with van der Waals surface area (Å²) < 4.78 is 0. The third-order valence-corrected chi connectivity index (χ3v) is 3.80. The van der Waals surface area contributed by atoms with Crippen LogP contribution in [0.15, 0.2) is 0 Å². The average molecular weight is 243 g/mol. The molecule has 2 fully saturated rings. The summed E-state index contributed by atoms with van der Waals surface area (Å²) in [6.07, 6.45) is 0.954. The van der Waals surface area contributed by atoms with Crippen molar-refractivity contribution in [1.82, 2.24) is 15.5 Å². The first-order valence-electron chi connectivity index (χ1n) is 5.67. The van der Waals surface area contributed by atoms with Crippen LogP contribution in [-0.4, -0.2) is 53.5 Å². The number of carbonyl (C=O) groups is 2. The highest BCUT2D eigenvalue weighted by Crippen LogP contribution is 2.17. The predicted octanol–water partition coefficient (Wildman–Crippen LogP) is 0.0218. The minimum Gasteiger partial charge on any atom is -0.335 e. The molecule has 2 aliphatic heterocycles. The Labute approximate surface area is 99.3 Å². The summed E-state index contributed by atoms with van der Waals surface area (Å²) in [6.45, 7) is 4.59. The molecule has 0 saturated carbocycles. The standard InChI is InChI=1S/C10H17N3O2S/c1-2-3-13(7-4-11-5-7)9(14)8-6-16-10(15)12-8/h7-8,11H,2-6H2,1H3,(H,12,15). The Morgan fingerprint density at radius 3 is 2.75 bits per heavy atom. The van der Waals surface area contributed by atoms with Crippen LogP contribution in [0.3, 0.4) is 0 Å². The maximum absolute atomic E-state index is 12.2. The van der Waals surface area contributed by atoms with Gasteiger partial charge < -0.3 is 15.5 Å². The van der Waals surface area contributed by atoms with Crippen LogP contribution < -0.4 is 10.6 Å². The van der Waals surface area contributed by atoms with Crippen LogP contribution in [0, 0.1) is 0 Å². The van der Waals surface area contributed by atoms with E-state index in [1.54, 1.807) is 0 Å². The van der Waals surface area contributed by atoms with Crippen LogP contribution in [0.4, 0.5) is 4.79 Å². The van der Waals surface area contributed by atoms with Gasteiger partial charge in [-0.2, -0.15) is 0 Å². The maximum Gasteiger partial charge on any atom is 0.279 e. The second-order valence-corrected chi connectivity index (χ2v) is 5.13. The van der Waals surface area contributed by atoms with Gasteiger partial charge in [0.05, 0.1) is 6.04 Å². The van der Waals surface area contributed by atoms with Crippen molar-refractivity contribution in [2.75, 3.05) is 25.4 Å². The third-order valence-electron chi connectivity index (χ3n) is 2.92. The van der Waals surface area contributed by atoms with Crippen molar-refractivity contribution in [3.8, 4) is 0 Å². The number of rotatable bonds is 4. The molecule has 5 nitrogen and oxygen atoms in total. The van der Waals surface area contributed by atoms with Crippen LogP contribution in [0.2, 0.25) is 0 Å². The van der Waals surface area contributed by atoms with Crippen LogP contribution in [0.1, 0.15) is 13.3 Å². The van der Waals surface area contributed by atoms with Gasteiger partial charge in [-0.25, -0.2) is 0 Å². The maximum atomic E-state index is 12.2. The minimum atomic E-state index is -0.315. The Morgan fingerprint density at radius 1 is 1.56 bits per heavy atom. The van der Waals surface area contributed by atoms with Crippen LogP contribution in [0.5, 0.6) is 0 Å². The molecule has 90 valence electrons. The molecule has 2 N–H and O–H groups in total. The highest BCUT2D eigenvalue weighted by molar-refractivity contribution is 8.14. The Morgan fingerprint density at radius 2 is 2.31 bits per heavy atom. The Bertz CT molecular complexity index is 294.